The summed E-state index contributed by atoms with van der Waals surface area (Å²) in [6.45, 7) is 4.47. The fraction of sp³-hybridized carbons (Fsp3) is 0.0769. The van der Waals surface area contributed by atoms with Gasteiger partial charge in [-0.05, 0) is 0 Å². The number of aryl methyl sites for hydroxylation is 2. The average Bonchev–Trinajstić information content (AvgIpc) is 3.24. The summed E-state index contributed by atoms with van der Waals surface area (Å²) in [5.74, 6) is 0. The van der Waals surface area contributed by atoms with E-state index in [-0.39, 0.29) is 0 Å². The molecule has 0 aliphatic carbocycles. The summed E-state index contributed by atoms with van der Waals surface area (Å²) in [7, 11) is -0.522. The maximum atomic E-state index is 2.48. The Bertz CT molecular complexity index is 1190. The zero-order valence-corrected chi connectivity index (χ0v) is 20.4. The monoisotopic (exact) mass is 460 g/mol. The molecule has 0 fully saturated rings. The first-order valence-corrected chi connectivity index (χ1v) is 17.3. The topological polar surface area (TPSA) is 0 Å². The number of hydrogen-bond acceptors (Lipinski definition) is 2. The molecule has 0 N–H and O–H groups in total. The second-order valence-corrected chi connectivity index (χ2v) is 25.1. The van der Waals surface area contributed by atoms with Crippen LogP contribution in [0.15, 0.2) is 107 Å². The van der Waals surface area contributed by atoms with Crippen molar-refractivity contribution < 1.29 is 0 Å². The normalized spacial score (nSPS) is 21.1. The molecule has 0 spiro atoms. The summed E-state index contributed by atoms with van der Waals surface area (Å²) in [5, 5.41) is 6.21. The molecule has 0 bridgehead atoms. The van der Waals surface area contributed by atoms with Crippen molar-refractivity contribution in [3.05, 3.63) is 108 Å². The molecule has 4 aromatic carbocycles. The summed E-state index contributed by atoms with van der Waals surface area (Å²) >= 11 is 4.40. The van der Waals surface area contributed by atoms with E-state index in [0.717, 1.165) is 0 Å². The van der Waals surface area contributed by atoms with Gasteiger partial charge in [-0.2, -0.15) is 0 Å². The molecule has 0 nitrogen and oxygen atoms in total. The number of fused-ring (bicyclic) bond motifs is 5. The SMILES string of the molecule is Cc1ccc2c(c1)P1c3cc(C)ccc3SP1(c1ccccc1)(c1ccccc1)S2. The van der Waals surface area contributed by atoms with E-state index in [1.807, 2.05) is 0 Å². The molecule has 2 heterocycles. The fourth-order valence-corrected chi connectivity index (χ4v) is 32.7. The van der Waals surface area contributed by atoms with Crippen molar-refractivity contribution >= 4 is 56.3 Å². The second-order valence-electron chi connectivity index (χ2n) is 8.02. The van der Waals surface area contributed by atoms with E-state index in [2.05, 4.69) is 134 Å². The van der Waals surface area contributed by atoms with Gasteiger partial charge in [-0.15, -0.1) is 0 Å². The van der Waals surface area contributed by atoms with Crippen molar-refractivity contribution in [2.45, 2.75) is 23.6 Å². The van der Waals surface area contributed by atoms with Crippen LogP contribution in [0.3, 0.4) is 0 Å². The standard InChI is InChI=1S/C26H22P2S2/c1-19-13-15-25-23(17-19)27-24-18-20(2)14-16-26(24)30-28(27,29-25,21-9-5-3-6-10-21)22-11-7-4-8-12-22/h3-18H,1-2H3. The third-order valence-corrected chi connectivity index (χ3v) is 29.2. The number of rotatable bonds is 2. The third kappa shape index (κ3) is 2.40. The van der Waals surface area contributed by atoms with Crippen LogP contribution >= 0.6 is 35.1 Å². The van der Waals surface area contributed by atoms with Crippen LogP contribution in [0.1, 0.15) is 11.1 Å². The van der Waals surface area contributed by atoms with Crippen LogP contribution in [-0.4, -0.2) is 0 Å². The molecule has 0 radical (unpaired) electrons. The van der Waals surface area contributed by atoms with Gasteiger partial charge in [0, 0.05) is 0 Å². The molecule has 6 rings (SSSR count). The first-order valence-electron chi connectivity index (χ1n) is 10.2. The van der Waals surface area contributed by atoms with Gasteiger partial charge in [0.15, 0.2) is 0 Å². The Kier molecular flexibility index (Phi) is 4.29. The van der Waals surface area contributed by atoms with Crippen LogP contribution in [0.4, 0.5) is 0 Å². The first kappa shape index (κ1) is 19.1. The summed E-state index contributed by atoms with van der Waals surface area (Å²) in [5.41, 5.74) is 2.73. The molecule has 4 heteroatoms. The van der Waals surface area contributed by atoms with Gasteiger partial charge in [0.05, 0.1) is 0 Å². The molecule has 2 aliphatic heterocycles. The minimum absolute atomic E-state index is 0.522. The van der Waals surface area contributed by atoms with Gasteiger partial charge in [0.25, 0.3) is 0 Å². The Morgan fingerprint density at radius 2 is 1.00 bits per heavy atom. The van der Waals surface area contributed by atoms with E-state index in [4.69, 9.17) is 0 Å². The van der Waals surface area contributed by atoms with Crippen molar-refractivity contribution in [3.8, 4) is 0 Å². The Balaban J connectivity index is 1.80. The zero-order chi connectivity index (χ0) is 20.4. The number of hydrogen-bond donors (Lipinski definition) is 0. The molecule has 30 heavy (non-hydrogen) atoms. The molecular formula is C26H22P2S2. The Hall–Kier alpha value is -1.56. The van der Waals surface area contributed by atoms with Crippen LogP contribution in [0.2, 0.25) is 0 Å². The van der Waals surface area contributed by atoms with Crippen LogP contribution in [0.5, 0.6) is 0 Å². The van der Waals surface area contributed by atoms with E-state index < -0.39 is 12.3 Å². The van der Waals surface area contributed by atoms with Crippen LogP contribution in [-0.2, 0) is 0 Å². The zero-order valence-electron chi connectivity index (χ0n) is 16.9. The molecule has 0 amide bonds. The second kappa shape index (κ2) is 6.72. The fourth-order valence-electron chi connectivity index (χ4n) is 4.70. The molecule has 4 aromatic rings. The molecule has 0 saturated heterocycles. The van der Waals surface area contributed by atoms with Gasteiger partial charge in [0.1, 0.15) is 0 Å². The summed E-state index contributed by atoms with van der Waals surface area (Å²) < 4.78 is -2.68. The summed E-state index contributed by atoms with van der Waals surface area (Å²) in [6.07, 6.45) is 0. The molecule has 0 saturated carbocycles. The van der Waals surface area contributed by atoms with Crippen molar-refractivity contribution in [2.24, 2.45) is 0 Å². The van der Waals surface area contributed by atoms with Crippen molar-refractivity contribution in [1.29, 1.82) is 0 Å². The van der Waals surface area contributed by atoms with Crippen LogP contribution in [0.25, 0.3) is 0 Å². The van der Waals surface area contributed by atoms with Gasteiger partial charge in [-0.3, -0.25) is 0 Å². The Morgan fingerprint density at radius 3 is 1.43 bits per heavy atom. The number of benzene rings is 4. The van der Waals surface area contributed by atoms with Gasteiger partial charge >= 0.3 is 188 Å². The molecule has 148 valence electrons. The van der Waals surface area contributed by atoms with Crippen LogP contribution in [0, 0.1) is 13.8 Å². The molecule has 0 atom stereocenters. The molecule has 0 unspecified atom stereocenters. The van der Waals surface area contributed by atoms with Gasteiger partial charge < -0.3 is 0 Å². The molecule has 2 aliphatic rings. The van der Waals surface area contributed by atoms with Crippen molar-refractivity contribution in [1.82, 2.24) is 0 Å². The van der Waals surface area contributed by atoms with E-state index in [1.165, 1.54) is 31.5 Å². The van der Waals surface area contributed by atoms with Crippen molar-refractivity contribution in [2.75, 3.05) is 0 Å². The predicted molar refractivity (Wildman–Crippen MR) is 139 cm³/mol. The van der Waals surface area contributed by atoms with Gasteiger partial charge in [-0.25, -0.2) is 0 Å². The average molecular weight is 461 g/mol. The predicted octanol–water partition coefficient (Wildman–Crippen LogP) is 6.90. The molecular weight excluding hydrogens is 438 g/mol. The van der Waals surface area contributed by atoms with Gasteiger partial charge in [0.2, 0.25) is 0 Å². The van der Waals surface area contributed by atoms with Crippen molar-refractivity contribution in [3.63, 3.8) is 0 Å². The summed E-state index contributed by atoms with van der Waals surface area (Å²) in [4.78, 5) is 2.97. The van der Waals surface area contributed by atoms with E-state index in [1.54, 1.807) is 10.6 Å². The van der Waals surface area contributed by atoms with Crippen LogP contribution < -0.4 is 21.2 Å². The molecule has 0 aromatic heterocycles. The Morgan fingerprint density at radius 1 is 0.567 bits per heavy atom. The van der Waals surface area contributed by atoms with E-state index in [0.29, 0.717) is 0 Å². The minimum atomic E-state index is -2.68. The summed E-state index contributed by atoms with van der Waals surface area (Å²) in [6, 6.07) is 37.1. The van der Waals surface area contributed by atoms with E-state index in [9.17, 15) is 0 Å². The van der Waals surface area contributed by atoms with Gasteiger partial charge in [-0.1, -0.05) is 0 Å². The first-order chi connectivity index (χ1) is 14.6. The van der Waals surface area contributed by atoms with E-state index >= 15 is 0 Å². The Labute approximate surface area is 187 Å². The quantitative estimate of drug-likeness (QED) is 0.299. The maximum absolute atomic E-state index is 2.68. The third-order valence-electron chi connectivity index (χ3n) is 6.01.